The van der Waals surface area contributed by atoms with Gasteiger partial charge in [-0.2, -0.15) is 0 Å². The Bertz CT molecular complexity index is 987. The quantitative estimate of drug-likeness (QED) is 0.578. The van der Waals surface area contributed by atoms with Gasteiger partial charge in [-0.3, -0.25) is 4.98 Å². The number of nitrogens with two attached hydrogens (primary N) is 1. The summed E-state index contributed by atoms with van der Waals surface area (Å²) in [6.07, 6.45) is 5.76. The number of nitrogens with zero attached hydrogens (tertiary/aromatic N) is 1. The molecule has 3 N–H and O–H groups in total. The van der Waals surface area contributed by atoms with E-state index in [1.807, 2.05) is 30.3 Å². The van der Waals surface area contributed by atoms with Gasteiger partial charge in [-0.1, -0.05) is 35.3 Å². The summed E-state index contributed by atoms with van der Waals surface area (Å²) in [5.41, 5.74) is 8.75. The number of rotatable bonds is 4. The van der Waals surface area contributed by atoms with Crippen LogP contribution >= 0.6 is 23.2 Å². The average Bonchev–Trinajstić information content (AvgIpc) is 2.69. The highest BCUT2D eigenvalue weighted by Gasteiger charge is 2.25. The molecule has 0 aliphatic heterocycles. The summed E-state index contributed by atoms with van der Waals surface area (Å²) >= 11 is 12.1. The molecule has 1 heterocycles. The molecule has 1 aliphatic rings. The number of benzene rings is 2. The van der Waals surface area contributed by atoms with Crippen LogP contribution in [-0.2, 0) is 0 Å². The number of halogens is 3. The van der Waals surface area contributed by atoms with Crippen LogP contribution in [0, 0.1) is 5.82 Å². The van der Waals surface area contributed by atoms with Gasteiger partial charge in [-0.05, 0) is 67.1 Å². The van der Waals surface area contributed by atoms with E-state index >= 15 is 0 Å². The van der Waals surface area contributed by atoms with Crippen LogP contribution in [0.4, 0.5) is 4.39 Å². The van der Waals surface area contributed by atoms with Crippen molar-refractivity contribution in [2.45, 2.75) is 43.8 Å². The van der Waals surface area contributed by atoms with Crippen molar-refractivity contribution in [1.29, 1.82) is 0 Å². The Balaban J connectivity index is 1.77. The average molecular weight is 418 g/mol. The van der Waals surface area contributed by atoms with Crippen LogP contribution in [0.2, 0.25) is 10.0 Å². The standard InChI is InChI=1S/C22H22Cl2FN3/c23-14-2-7-17-18(9-10-27-21(17)12-14)22(13-1-8-19(24)20(25)11-13)28-16-5-3-15(26)4-6-16/h1-2,7-12,15-16,22,28H,3-6,26H2. The van der Waals surface area contributed by atoms with Gasteiger partial charge in [-0.15, -0.1) is 0 Å². The highest BCUT2D eigenvalue weighted by Crippen LogP contribution is 2.32. The van der Waals surface area contributed by atoms with Gasteiger partial charge in [0.15, 0.2) is 0 Å². The van der Waals surface area contributed by atoms with Crippen LogP contribution in [-0.4, -0.2) is 17.1 Å². The summed E-state index contributed by atoms with van der Waals surface area (Å²) in [5.74, 6) is -0.418. The highest BCUT2D eigenvalue weighted by molar-refractivity contribution is 6.31. The fourth-order valence-corrected chi connectivity index (χ4v) is 4.26. The first kappa shape index (κ1) is 19.6. The lowest BCUT2D eigenvalue weighted by Crippen LogP contribution is -2.39. The van der Waals surface area contributed by atoms with Gasteiger partial charge >= 0.3 is 0 Å². The minimum atomic E-state index is -0.418. The fraction of sp³-hybridized carbons (Fsp3) is 0.318. The molecule has 1 aliphatic carbocycles. The van der Waals surface area contributed by atoms with E-state index in [1.165, 1.54) is 6.07 Å². The molecule has 2 aromatic carbocycles. The molecule has 0 spiro atoms. The zero-order valence-corrected chi connectivity index (χ0v) is 16.8. The Hall–Kier alpha value is -1.72. The third kappa shape index (κ3) is 4.15. The van der Waals surface area contributed by atoms with Crippen LogP contribution in [0.15, 0.2) is 48.7 Å². The zero-order chi connectivity index (χ0) is 19.7. The lowest BCUT2D eigenvalue weighted by Gasteiger charge is -2.32. The van der Waals surface area contributed by atoms with Crippen LogP contribution < -0.4 is 11.1 Å². The maximum Gasteiger partial charge on any atom is 0.142 e. The van der Waals surface area contributed by atoms with Crippen molar-refractivity contribution in [2.24, 2.45) is 5.73 Å². The summed E-state index contributed by atoms with van der Waals surface area (Å²) < 4.78 is 14.2. The third-order valence-corrected chi connectivity index (χ3v) is 6.04. The number of hydrogen-bond acceptors (Lipinski definition) is 3. The molecule has 0 amide bonds. The molecule has 3 aromatic rings. The molecular formula is C22H22Cl2FN3. The Morgan fingerprint density at radius 3 is 2.57 bits per heavy atom. The van der Waals surface area contributed by atoms with Crippen molar-refractivity contribution in [3.05, 3.63) is 75.7 Å². The van der Waals surface area contributed by atoms with Gasteiger partial charge in [0.25, 0.3) is 0 Å². The Morgan fingerprint density at radius 1 is 1.04 bits per heavy atom. The van der Waals surface area contributed by atoms with Crippen molar-refractivity contribution < 1.29 is 4.39 Å². The molecule has 0 radical (unpaired) electrons. The maximum atomic E-state index is 14.2. The molecule has 6 heteroatoms. The SMILES string of the molecule is NC1CCC(NC(c2ccc(Cl)c(F)c2)c2ccnc3cc(Cl)ccc23)CC1. The molecule has 0 saturated heterocycles. The van der Waals surface area contributed by atoms with E-state index in [9.17, 15) is 4.39 Å². The normalized spacial score (nSPS) is 21.0. The smallest absolute Gasteiger partial charge is 0.142 e. The van der Waals surface area contributed by atoms with E-state index in [0.29, 0.717) is 11.1 Å². The summed E-state index contributed by atoms with van der Waals surface area (Å²) in [4.78, 5) is 4.44. The van der Waals surface area contributed by atoms with Gasteiger partial charge in [0, 0.05) is 28.7 Å². The Morgan fingerprint density at radius 2 is 1.82 bits per heavy atom. The van der Waals surface area contributed by atoms with E-state index in [1.54, 1.807) is 12.3 Å². The second-order valence-corrected chi connectivity index (χ2v) is 8.29. The van der Waals surface area contributed by atoms with Crippen LogP contribution in [0.25, 0.3) is 10.9 Å². The van der Waals surface area contributed by atoms with Crippen LogP contribution in [0.5, 0.6) is 0 Å². The lowest BCUT2D eigenvalue weighted by atomic mass is 9.89. The summed E-state index contributed by atoms with van der Waals surface area (Å²) in [5, 5.41) is 5.49. The molecule has 0 bridgehead atoms. The third-order valence-electron chi connectivity index (χ3n) is 5.50. The second kappa shape index (κ2) is 8.34. The fourth-order valence-electron chi connectivity index (χ4n) is 3.97. The van der Waals surface area contributed by atoms with E-state index in [0.717, 1.165) is 47.7 Å². The second-order valence-electron chi connectivity index (χ2n) is 7.45. The predicted molar refractivity (Wildman–Crippen MR) is 113 cm³/mol. The first-order chi connectivity index (χ1) is 13.5. The Labute approximate surface area is 174 Å². The summed E-state index contributed by atoms with van der Waals surface area (Å²) in [6, 6.07) is 13.1. The number of nitrogens with one attached hydrogen (secondary N) is 1. The van der Waals surface area contributed by atoms with Crippen molar-refractivity contribution in [2.75, 3.05) is 0 Å². The summed E-state index contributed by atoms with van der Waals surface area (Å²) in [6.45, 7) is 0. The summed E-state index contributed by atoms with van der Waals surface area (Å²) in [7, 11) is 0. The van der Waals surface area contributed by atoms with Crippen LogP contribution in [0.1, 0.15) is 42.9 Å². The zero-order valence-electron chi connectivity index (χ0n) is 15.3. The van der Waals surface area contributed by atoms with Crippen LogP contribution in [0.3, 0.4) is 0 Å². The van der Waals surface area contributed by atoms with Gasteiger partial charge in [0.1, 0.15) is 5.82 Å². The number of fused-ring (bicyclic) bond motifs is 1. The van der Waals surface area contributed by atoms with E-state index < -0.39 is 5.82 Å². The predicted octanol–water partition coefficient (Wildman–Crippen LogP) is 5.63. The molecule has 1 aromatic heterocycles. The minimum Gasteiger partial charge on any atom is -0.328 e. The monoisotopic (exact) mass is 417 g/mol. The maximum absolute atomic E-state index is 14.2. The van der Waals surface area contributed by atoms with E-state index in [-0.39, 0.29) is 17.1 Å². The molecular weight excluding hydrogens is 396 g/mol. The minimum absolute atomic E-state index is 0.123. The van der Waals surface area contributed by atoms with Crippen molar-refractivity contribution in [3.8, 4) is 0 Å². The number of aromatic nitrogens is 1. The van der Waals surface area contributed by atoms with Crippen molar-refractivity contribution >= 4 is 34.1 Å². The van der Waals surface area contributed by atoms with E-state index in [2.05, 4.69) is 10.3 Å². The topological polar surface area (TPSA) is 50.9 Å². The first-order valence-corrected chi connectivity index (χ1v) is 10.3. The molecule has 1 atom stereocenters. The molecule has 4 rings (SSSR count). The van der Waals surface area contributed by atoms with Gasteiger partial charge in [-0.25, -0.2) is 4.39 Å². The molecule has 1 fully saturated rings. The van der Waals surface area contributed by atoms with E-state index in [4.69, 9.17) is 28.9 Å². The highest BCUT2D eigenvalue weighted by atomic mass is 35.5. The molecule has 3 nitrogen and oxygen atoms in total. The van der Waals surface area contributed by atoms with Gasteiger partial charge in [0.2, 0.25) is 0 Å². The largest absolute Gasteiger partial charge is 0.328 e. The number of hydrogen-bond donors (Lipinski definition) is 2. The lowest BCUT2D eigenvalue weighted by molar-refractivity contribution is 0.328. The molecule has 146 valence electrons. The van der Waals surface area contributed by atoms with Crippen molar-refractivity contribution in [3.63, 3.8) is 0 Å². The van der Waals surface area contributed by atoms with Gasteiger partial charge < -0.3 is 11.1 Å². The first-order valence-electron chi connectivity index (χ1n) is 9.52. The molecule has 1 saturated carbocycles. The van der Waals surface area contributed by atoms with Gasteiger partial charge in [0.05, 0.1) is 16.6 Å². The molecule has 1 unspecified atom stereocenters. The Kier molecular flexibility index (Phi) is 5.83. The van der Waals surface area contributed by atoms with Crippen molar-refractivity contribution in [1.82, 2.24) is 10.3 Å². The number of pyridine rings is 1. The molecule has 28 heavy (non-hydrogen) atoms.